The highest BCUT2D eigenvalue weighted by Crippen LogP contribution is 2.33. The molecule has 2 aromatic heterocycles. The average Bonchev–Trinajstić information content (AvgIpc) is 3.56. The Morgan fingerprint density at radius 1 is 0.932 bits per heavy atom. The fraction of sp³-hybridized carbons (Fsp3) is 0.455. The number of anilines is 4. The lowest BCUT2D eigenvalue weighted by molar-refractivity contribution is -0.124. The molecule has 308 valence electrons. The summed E-state index contributed by atoms with van der Waals surface area (Å²) in [5, 5.41) is 7.62. The highest BCUT2D eigenvalue weighted by Gasteiger charge is 2.35. The van der Waals surface area contributed by atoms with E-state index in [1.165, 1.54) is 5.56 Å². The van der Waals surface area contributed by atoms with Crippen LogP contribution < -0.4 is 31.7 Å². The summed E-state index contributed by atoms with van der Waals surface area (Å²) in [5.74, 6) is 1.23. The van der Waals surface area contributed by atoms with Crippen molar-refractivity contribution in [2.24, 2.45) is 11.7 Å². The predicted molar refractivity (Wildman–Crippen MR) is 228 cm³/mol. The molecule has 4 amide bonds. The van der Waals surface area contributed by atoms with Crippen molar-refractivity contribution < 1.29 is 14.4 Å². The number of rotatable bonds is 10. The van der Waals surface area contributed by atoms with Gasteiger partial charge in [0, 0.05) is 87.4 Å². The number of primary amides is 1. The van der Waals surface area contributed by atoms with Crippen molar-refractivity contribution in [1.29, 1.82) is 0 Å². The van der Waals surface area contributed by atoms with Crippen LogP contribution in [0.15, 0.2) is 78.0 Å². The average molecular weight is 800 g/mol. The van der Waals surface area contributed by atoms with Gasteiger partial charge in [-0.1, -0.05) is 18.7 Å². The molecule has 15 nitrogen and oxygen atoms in total. The van der Waals surface area contributed by atoms with Gasteiger partial charge in [0.2, 0.25) is 5.91 Å². The zero-order valence-corrected chi connectivity index (χ0v) is 33.7. The third-order valence-electron chi connectivity index (χ3n) is 13.0. The number of benzene rings is 2. The number of amides is 4. The van der Waals surface area contributed by atoms with Crippen LogP contribution in [0.3, 0.4) is 0 Å². The summed E-state index contributed by atoms with van der Waals surface area (Å²) < 4.78 is 1.56. The lowest BCUT2D eigenvalue weighted by Gasteiger charge is -2.44. The zero-order chi connectivity index (χ0) is 40.8. The van der Waals surface area contributed by atoms with Crippen LogP contribution in [0.2, 0.25) is 0 Å². The molecule has 4 aromatic rings. The topological polar surface area (TPSA) is 165 Å². The van der Waals surface area contributed by atoms with E-state index in [1.807, 2.05) is 42.3 Å². The van der Waals surface area contributed by atoms with E-state index in [1.54, 1.807) is 21.9 Å². The van der Waals surface area contributed by atoms with E-state index in [0.717, 1.165) is 94.8 Å². The molecule has 1 unspecified atom stereocenters. The molecular weight excluding hydrogens is 747 g/mol. The third-order valence-corrected chi connectivity index (χ3v) is 13.0. The molecule has 0 radical (unpaired) electrons. The number of aromatic nitrogens is 3. The maximum atomic E-state index is 13.3. The summed E-state index contributed by atoms with van der Waals surface area (Å²) in [7, 11) is 1.84. The van der Waals surface area contributed by atoms with Crippen LogP contribution in [-0.2, 0) is 4.79 Å². The minimum atomic E-state index is -0.645. The second-order valence-electron chi connectivity index (χ2n) is 17.0. The SMILES string of the molecule is C=C1CCC(n2ccc3cc(N4CC(CN5CCC(c6ccc(Nc7nc(N8CCC[C@@H](N9CCN(C)C9=O)C8)cnc7C(N)=O)cc6)CC5)C4)ccc3c2=O)C(=O)N1. The molecular formula is C44H53N11O4. The van der Waals surface area contributed by atoms with Crippen molar-refractivity contribution in [1.82, 2.24) is 34.6 Å². The highest BCUT2D eigenvalue weighted by molar-refractivity contribution is 5.96. The fourth-order valence-corrected chi connectivity index (χ4v) is 9.63. The molecule has 5 aliphatic rings. The molecule has 0 spiro atoms. The van der Waals surface area contributed by atoms with Gasteiger partial charge < -0.3 is 45.4 Å². The number of likely N-dealkylation sites (tertiary alicyclic amines) is 1. The maximum Gasteiger partial charge on any atom is 0.320 e. The number of nitrogens with two attached hydrogens (primary N) is 1. The van der Waals surface area contributed by atoms with Gasteiger partial charge in [-0.2, -0.15) is 0 Å². The van der Waals surface area contributed by atoms with Crippen LogP contribution in [0.5, 0.6) is 0 Å². The molecule has 0 bridgehead atoms. The van der Waals surface area contributed by atoms with Gasteiger partial charge in [-0.25, -0.2) is 14.8 Å². The van der Waals surface area contributed by atoms with E-state index in [-0.39, 0.29) is 29.2 Å². The molecule has 5 saturated heterocycles. The smallest absolute Gasteiger partial charge is 0.320 e. The van der Waals surface area contributed by atoms with Gasteiger partial charge in [0.15, 0.2) is 11.5 Å². The number of carbonyl (C=O) groups excluding carboxylic acids is 3. The number of allylic oxidation sites excluding steroid dienone is 1. The Labute approximate surface area is 343 Å². The molecule has 0 saturated carbocycles. The predicted octanol–water partition coefficient (Wildman–Crippen LogP) is 4.25. The summed E-state index contributed by atoms with van der Waals surface area (Å²) in [6.07, 6.45) is 8.67. The fourth-order valence-electron chi connectivity index (χ4n) is 9.63. The lowest BCUT2D eigenvalue weighted by atomic mass is 9.88. The van der Waals surface area contributed by atoms with Gasteiger partial charge in [0.1, 0.15) is 11.9 Å². The number of fused-ring (bicyclic) bond motifs is 1. The standard InChI is InChI=1S/C44H53N11O4/c1-28-5-12-37(42(57)47-28)55-19-15-32-22-34(10-11-36(32)43(55)58)53-25-29(26-53)24-51-17-13-31(14-18-51)30-6-8-33(9-7-30)48-41-39(40(45)56)46-23-38(49-41)52-16-3-4-35(27-52)54-21-20-50(2)44(54)59/h6-11,15,19,22-23,29,31,35,37H,1,3-5,12-14,16-18,20-21,24-27H2,2H3,(H2,45,56)(H,47,57)(H,48,49)/t35-,37?/m1/s1. The van der Waals surface area contributed by atoms with Crippen molar-refractivity contribution in [3.63, 3.8) is 0 Å². The monoisotopic (exact) mass is 799 g/mol. The molecule has 0 aliphatic carbocycles. The van der Waals surface area contributed by atoms with Crippen LogP contribution in [-0.4, -0.2) is 119 Å². The van der Waals surface area contributed by atoms with Crippen molar-refractivity contribution in [3.8, 4) is 0 Å². The molecule has 2 aromatic carbocycles. The first-order chi connectivity index (χ1) is 28.6. The van der Waals surface area contributed by atoms with Crippen molar-refractivity contribution in [2.75, 3.05) is 81.1 Å². The Hall–Kier alpha value is -5.96. The normalized spacial score (nSPS) is 22.2. The number of hydrogen-bond acceptors (Lipinski definition) is 10. The van der Waals surface area contributed by atoms with E-state index in [0.29, 0.717) is 53.9 Å². The molecule has 15 heteroatoms. The summed E-state index contributed by atoms with van der Waals surface area (Å²) in [4.78, 5) is 71.0. The first-order valence-electron chi connectivity index (χ1n) is 21.0. The second kappa shape index (κ2) is 16.0. The van der Waals surface area contributed by atoms with Gasteiger partial charge in [-0.15, -0.1) is 0 Å². The van der Waals surface area contributed by atoms with Gasteiger partial charge in [0.25, 0.3) is 11.5 Å². The number of nitrogens with one attached hydrogen (secondary N) is 2. The minimum absolute atomic E-state index is 0.0707. The molecule has 9 rings (SSSR count). The molecule has 4 N–H and O–H groups in total. The number of carbonyl (C=O) groups is 3. The number of likely N-dealkylation sites (N-methyl/N-ethyl adjacent to an activating group) is 1. The van der Waals surface area contributed by atoms with E-state index < -0.39 is 11.9 Å². The first-order valence-corrected chi connectivity index (χ1v) is 21.0. The van der Waals surface area contributed by atoms with E-state index in [2.05, 4.69) is 55.1 Å². The van der Waals surface area contributed by atoms with E-state index in [9.17, 15) is 19.2 Å². The molecule has 7 heterocycles. The second-order valence-corrected chi connectivity index (χ2v) is 17.0. The number of piperidine rings is 3. The first kappa shape index (κ1) is 38.6. The van der Waals surface area contributed by atoms with E-state index in [4.69, 9.17) is 10.7 Å². The highest BCUT2D eigenvalue weighted by atomic mass is 16.2. The zero-order valence-electron chi connectivity index (χ0n) is 33.7. The quantitative estimate of drug-likeness (QED) is 0.211. The van der Waals surface area contributed by atoms with Crippen molar-refractivity contribution in [2.45, 2.75) is 56.5 Å². The molecule has 59 heavy (non-hydrogen) atoms. The Morgan fingerprint density at radius 3 is 2.46 bits per heavy atom. The number of pyridine rings is 1. The maximum absolute atomic E-state index is 13.3. The van der Waals surface area contributed by atoms with Gasteiger partial charge in [0.05, 0.1) is 12.2 Å². The number of hydrogen-bond donors (Lipinski definition) is 3. The van der Waals surface area contributed by atoms with Crippen molar-refractivity contribution in [3.05, 3.63) is 94.8 Å². The van der Waals surface area contributed by atoms with Gasteiger partial charge in [-0.05, 0) is 105 Å². The third kappa shape index (κ3) is 7.83. The summed E-state index contributed by atoms with van der Waals surface area (Å²) >= 11 is 0. The largest absolute Gasteiger partial charge is 0.371 e. The Morgan fingerprint density at radius 2 is 1.73 bits per heavy atom. The minimum Gasteiger partial charge on any atom is -0.371 e. The molecule has 5 fully saturated rings. The van der Waals surface area contributed by atoms with Crippen LogP contribution in [0, 0.1) is 5.92 Å². The van der Waals surface area contributed by atoms with E-state index >= 15 is 0 Å². The Bertz CT molecular complexity index is 2330. The number of urea groups is 1. The molecule has 2 atom stereocenters. The van der Waals surface area contributed by atoms with Crippen molar-refractivity contribution >= 4 is 51.6 Å². The van der Waals surface area contributed by atoms with Gasteiger partial charge in [-0.3, -0.25) is 14.4 Å². The van der Waals surface area contributed by atoms with Crippen LogP contribution in [0.4, 0.5) is 27.8 Å². The Balaban J connectivity index is 0.763. The lowest BCUT2D eigenvalue weighted by Crippen LogP contribution is -2.52. The summed E-state index contributed by atoms with van der Waals surface area (Å²) in [6, 6.07) is 16.0. The molecule has 5 aliphatic heterocycles. The number of nitrogens with zero attached hydrogens (tertiary/aromatic N) is 8. The van der Waals surface area contributed by atoms with Crippen LogP contribution in [0.25, 0.3) is 10.8 Å². The Kier molecular flexibility index (Phi) is 10.5. The summed E-state index contributed by atoms with van der Waals surface area (Å²) in [6.45, 7) is 11.9. The van der Waals surface area contributed by atoms with Crippen LogP contribution in [0.1, 0.15) is 66.5 Å². The summed E-state index contributed by atoms with van der Waals surface area (Å²) in [5.41, 5.74) is 9.61. The van der Waals surface area contributed by atoms with Crippen LogP contribution >= 0.6 is 0 Å². The van der Waals surface area contributed by atoms with Gasteiger partial charge >= 0.3 is 6.03 Å².